The molecule has 29 heavy (non-hydrogen) atoms. The molecule has 1 N–H and O–H groups in total. The number of nitrogens with zero attached hydrogens (tertiary/aromatic N) is 2. The van der Waals surface area contributed by atoms with Crippen molar-refractivity contribution in [3.8, 4) is 5.75 Å². The molecule has 2 heterocycles. The fourth-order valence-corrected chi connectivity index (χ4v) is 3.80. The standard InChI is InChI=1S/C23H27N3O3/c1-28-19-8-6-17(7-9-19)10-13-24-22(27)16-26-14-11-18(12-15-26)23-25-20-4-2-3-5-21(20)29-23/h2-9,18H,10-16H2,1H3,(H,24,27). The molecule has 6 nitrogen and oxygen atoms in total. The van der Waals surface area contributed by atoms with Crippen LogP contribution in [0.2, 0.25) is 0 Å². The van der Waals surface area contributed by atoms with Gasteiger partial charge in [-0.1, -0.05) is 24.3 Å². The number of amides is 1. The van der Waals surface area contributed by atoms with Gasteiger partial charge in [0.05, 0.1) is 13.7 Å². The van der Waals surface area contributed by atoms with Crippen LogP contribution in [0.4, 0.5) is 0 Å². The number of aromatic nitrogens is 1. The number of benzene rings is 2. The number of methoxy groups -OCH3 is 1. The molecule has 1 aliphatic rings. The Bertz CT molecular complexity index is 910. The van der Waals surface area contributed by atoms with E-state index in [1.807, 2.05) is 48.5 Å². The predicted molar refractivity (Wildman–Crippen MR) is 112 cm³/mol. The van der Waals surface area contributed by atoms with E-state index in [4.69, 9.17) is 9.15 Å². The monoisotopic (exact) mass is 393 g/mol. The minimum atomic E-state index is 0.0822. The van der Waals surface area contributed by atoms with Gasteiger partial charge in [-0.15, -0.1) is 0 Å². The van der Waals surface area contributed by atoms with Gasteiger partial charge < -0.3 is 14.5 Å². The number of fused-ring (bicyclic) bond motifs is 1. The van der Waals surface area contributed by atoms with Crippen LogP contribution in [0.15, 0.2) is 52.9 Å². The third kappa shape index (κ3) is 4.95. The molecule has 0 spiro atoms. The topological polar surface area (TPSA) is 67.6 Å². The maximum atomic E-state index is 12.3. The molecular formula is C23H27N3O3. The van der Waals surface area contributed by atoms with Crippen molar-refractivity contribution >= 4 is 17.0 Å². The van der Waals surface area contributed by atoms with Gasteiger partial charge in [0.1, 0.15) is 11.3 Å². The SMILES string of the molecule is COc1ccc(CCNC(=O)CN2CCC(c3nc4ccccc4o3)CC2)cc1. The van der Waals surface area contributed by atoms with Crippen LogP contribution in [-0.2, 0) is 11.2 Å². The highest BCUT2D eigenvalue weighted by Gasteiger charge is 2.25. The number of carbonyl (C=O) groups is 1. The predicted octanol–water partition coefficient (Wildman–Crippen LogP) is 3.37. The number of ether oxygens (including phenoxy) is 1. The van der Waals surface area contributed by atoms with E-state index in [1.165, 1.54) is 5.56 Å². The fourth-order valence-electron chi connectivity index (χ4n) is 3.80. The Morgan fingerprint density at radius 3 is 2.66 bits per heavy atom. The Morgan fingerprint density at radius 1 is 1.17 bits per heavy atom. The van der Waals surface area contributed by atoms with Crippen molar-refractivity contribution in [2.75, 3.05) is 33.3 Å². The van der Waals surface area contributed by atoms with E-state index >= 15 is 0 Å². The second kappa shape index (κ2) is 9.09. The van der Waals surface area contributed by atoms with Gasteiger partial charge in [-0.3, -0.25) is 9.69 Å². The largest absolute Gasteiger partial charge is 0.497 e. The van der Waals surface area contributed by atoms with Crippen molar-refractivity contribution in [3.05, 3.63) is 60.0 Å². The second-order valence-corrected chi connectivity index (χ2v) is 7.52. The van der Waals surface area contributed by atoms with Crippen LogP contribution < -0.4 is 10.1 Å². The highest BCUT2D eigenvalue weighted by Crippen LogP contribution is 2.29. The summed E-state index contributed by atoms with van der Waals surface area (Å²) in [6.45, 7) is 2.86. The van der Waals surface area contributed by atoms with Gasteiger partial charge in [-0.25, -0.2) is 4.98 Å². The fraction of sp³-hybridized carbons (Fsp3) is 0.391. The zero-order valence-corrected chi connectivity index (χ0v) is 16.8. The third-order valence-electron chi connectivity index (χ3n) is 5.51. The van der Waals surface area contributed by atoms with Crippen LogP contribution in [-0.4, -0.2) is 49.1 Å². The molecule has 2 aromatic carbocycles. The van der Waals surface area contributed by atoms with E-state index in [-0.39, 0.29) is 5.91 Å². The molecule has 1 saturated heterocycles. The molecule has 1 fully saturated rings. The van der Waals surface area contributed by atoms with Crippen molar-refractivity contribution in [1.29, 1.82) is 0 Å². The summed E-state index contributed by atoms with van der Waals surface area (Å²) in [5, 5.41) is 3.02. The van der Waals surface area contributed by atoms with E-state index in [0.29, 0.717) is 19.0 Å². The number of carbonyl (C=O) groups excluding carboxylic acids is 1. The quantitative estimate of drug-likeness (QED) is 0.667. The lowest BCUT2D eigenvalue weighted by molar-refractivity contribution is -0.122. The van der Waals surface area contributed by atoms with Gasteiger partial charge in [0.15, 0.2) is 11.5 Å². The first kappa shape index (κ1) is 19.5. The minimum Gasteiger partial charge on any atom is -0.497 e. The number of rotatable bonds is 7. The van der Waals surface area contributed by atoms with Crippen molar-refractivity contribution in [1.82, 2.24) is 15.2 Å². The molecule has 0 aliphatic carbocycles. The molecule has 152 valence electrons. The third-order valence-corrected chi connectivity index (χ3v) is 5.51. The summed E-state index contributed by atoms with van der Waals surface area (Å²) in [7, 11) is 1.66. The Kier molecular flexibility index (Phi) is 6.10. The van der Waals surface area contributed by atoms with E-state index in [2.05, 4.69) is 15.2 Å². The Labute approximate surface area is 170 Å². The molecule has 0 unspecified atom stereocenters. The van der Waals surface area contributed by atoms with Crippen molar-refractivity contribution in [3.63, 3.8) is 0 Å². The summed E-state index contributed by atoms with van der Waals surface area (Å²) in [5.41, 5.74) is 2.95. The van der Waals surface area contributed by atoms with Crippen molar-refractivity contribution < 1.29 is 13.9 Å². The van der Waals surface area contributed by atoms with Gasteiger partial charge in [-0.05, 0) is 62.2 Å². The molecule has 0 radical (unpaired) electrons. The summed E-state index contributed by atoms with van der Waals surface area (Å²) in [6, 6.07) is 15.8. The number of para-hydroxylation sites is 2. The first-order chi connectivity index (χ1) is 14.2. The summed E-state index contributed by atoms with van der Waals surface area (Å²) in [5.74, 6) is 2.09. The van der Waals surface area contributed by atoms with Gasteiger partial charge in [0.2, 0.25) is 5.91 Å². The molecule has 6 heteroatoms. The van der Waals surface area contributed by atoms with Crippen LogP contribution in [0.5, 0.6) is 5.75 Å². The van der Waals surface area contributed by atoms with Crippen LogP contribution in [0.3, 0.4) is 0 Å². The highest BCUT2D eigenvalue weighted by molar-refractivity contribution is 5.78. The van der Waals surface area contributed by atoms with Gasteiger partial charge in [-0.2, -0.15) is 0 Å². The summed E-state index contributed by atoms with van der Waals surface area (Å²) < 4.78 is 11.1. The van der Waals surface area contributed by atoms with Crippen molar-refractivity contribution in [2.24, 2.45) is 0 Å². The summed E-state index contributed by atoms with van der Waals surface area (Å²) >= 11 is 0. The molecule has 0 bridgehead atoms. The zero-order valence-electron chi connectivity index (χ0n) is 16.8. The lowest BCUT2D eigenvalue weighted by Crippen LogP contribution is -2.41. The molecular weight excluding hydrogens is 366 g/mol. The number of piperidine rings is 1. The zero-order chi connectivity index (χ0) is 20.1. The lowest BCUT2D eigenvalue weighted by atomic mass is 9.97. The molecule has 1 aliphatic heterocycles. The molecule has 3 aromatic rings. The molecule has 0 saturated carbocycles. The number of hydrogen-bond acceptors (Lipinski definition) is 5. The normalized spacial score (nSPS) is 15.5. The Morgan fingerprint density at radius 2 is 1.93 bits per heavy atom. The molecule has 1 aromatic heterocycles. The summed E-state index contributed by atoms with van der Waals surface area (Å²) in [6.07, 6.45) is 2.74. The Hall–Kier alpha value is -2.86. The number of hydrogen-bond donors (Lipinski definition) is 1. The molecule has 0 atom stereocenters. The highest BCUT2D eigenvalue weighted by atomic mass is 16.5. The average Bonchev–Trinajstić information content (AvgIpc) is 3.19. The van der Waals surface area contributed by atoms with Crippen LogP contribution >= 0.6 is 0 Å². The van der Waals surface area contributed by atoms with Crippen LogP contribution in [0, 0.1) is 0 Å². The van der Waals surface area contributed by atoms with Crippen LogP contribution in [0.1, 0.15) is 30.2 Å². The van der Waals surface area contributed by atoms with E-state index in [0.717, 1.165) is 55.1 Å². The van der Waals surface area contributed by atoms with Gasteiger partial charge in [0, 0.05) is 12.5 Å². The molecule has 4 rings (SSSR count). The maximum Gasteiger partial charge on any atom is 0.234 e. The maximum absolute atomic E-state index is 12.3. The first-order valence-electron chi connectivity index (χ1n) is 10.2. The van der Waals surface area contributed by atoms with E-state index in [9.17, 15) is 4.79 Å². The lowest BCUT2D eigenvalue weighted by Gasteiger charge is -2.29. The number of likely N-dealkylation sites (tertiary alicyclic amines) is 1. The first-order valence-corrected chi connectivity index (χ1v) is 10.2. The second-order valence-electron chi connectivity index (χ2n) is 7.52. The van der Waals surface area contributed by atoms with Gasteiger partial charge >= 0.3 is 0 Å². The number of nitrogens with one attached hydrogen (secondary N) is 1. The minimum absolute atomic E-state index is 0.0822. The van der Waals surface area contributed by atoms with E-state index in [1.54, 1.807) is 7.11 Å². The smallest absolute Gasteiger partial charge is 0.234 e. The molecule has 1 amide bonds. The number of oxazole rings is 1. The van der Waals surface area contributed by atoms with Crippen molar-refractivity contribution in [2.45, 2.75) is 25.2 Å². The van der Waals surface area contributed by atoms with E-state index < -0.39 is 0 Å². The Balaban J connectivity index is 1.19. The van der Waals surface area contributed by atoms with Gasteiger partial charge in [0.25, 0.3) is 0 Å². The summed E-state index contributed by atoms with van der Waals surface area (Å²) in [4.78, 5) is 19.1. The average molecular weight is 393 g/mol. The van der Waals surface area contributed by atoms with Crippen LogP contribution in [0.25, 0.3) is 11.1 Å².